The molecule has 3 atom stereocenters. The Balaban J connectivity index is 1.47. The number of fused-ring (bicyclic) bond motifs is 1. The summed E-state index contributed by atoms with van der Waals surface area (Å²) in [5.41, 5.74) is 1.03. The molecule has 1 aromatic carbocycles. The fourth-order valence-electron chi connectivity index (χ4n) is 3.49. The Bertz CT molecular complexity index is 628. The van der Waals surface area contributed by atoms with Crippen molar-refractivity contribution in [2.75, 3.05) is 26.7 Å². The van der Waals surface area contributed by atoms with Crippen LogP contribution >= 0.6 is 0 Å². The van der Waals surface area contributed by atoms with E-state index in [2.05, 4.69) is 9.88 Å². The van der Waals surface area contributed by atoms with Crippen molar-refractivity contribution in [2.45, 2.75) is 31.5 Å². The van der Waals surface area contributed by atoms with Gasteiger partial charge in [-0.1, -0.05) is 12.5 Å². The van der Waals surface area contributed by atoms with E-state index in [1.807, 2.05) is 37.5 Å². The van der Waals surface area contributed by atoms with Crippen LogP contribution in [0, 0.1) is 5.92 Å². The van der Waals surface area contributed by atoms with Gasteiger partial charge in [-0.25, -0.2) is 0 Å². The summed E-state index contributed by atoms with van der Waals surface area (Å²) in [7, 11) is 1.99. The lowest BCUT2D eigenvalue weighted by molar-refractivity contribution is 0.0582. The topological polar surface area (TPSA) is 68.7 Å². The van der Waals surface area contributed by atoms with Crippen molar-refractivity contribution in [2.24, 2.45) is 5.92 Å². The number of hydrogen-bond acceptors (Lipinski definition) is 4. The summed E-state index contributed by atoms with van der Waals surface area (Å²) in [5, 5.41) is 21.1. The third-order valence-corrected chi connectivity index (χ3v) is 4.67. The van der Waals surface area contributed by atoms with Gasteiger partial charge in [0.2, 0.25) is 0 Å². The number of hydrogen-bond donors (Lipinski definition) is 3. The molecule has 0 saturated heterocycles. The zero-order chi connectivity index (χ0) is 16.2. The second-order valence-corrected chi connectivity index (χ2v) is 6.64. The highest BCUT2D eigenvalue weighted by Crippen LogP contribution is 2.26. The highest BCUT2D eigenvalue weighted by molar-refractivity contribution is 5.85. The number of nitrogens with one attached hydrogen (secondary N) is 1. The number of benzene rings is 1. The molecule has 3 N–H and O–H groups in total. The van der Waals surface area contributed by atoms with E-state index in [4.69, 9.17) is 4.74 Å². The number of aromatic amines is 1. The highest BCUT2D eigenvalue weighted by atomic mass is 16.5. The molecule has 5 nitrogen and oxygen atoms in total. The average molecular weight is 318 g/mol. The molecule has 0 aliphatic heterocycles. The van der Waals surface area contributed by atoms with Crippen molar-refractivity contribution >= 4 is 10.9 Å². The van der Waals surface area contributed by atoms with Crippen LogP contribution in [0.15, 0.2) is 30.5 Å². The van der Waals surface area contributed by atoms with Gasteiger partial charge in [-0.05, 0) is 44.0 Å². The Hall–Kier alpha value is -1.56. The largest absolute Gasteiger partial charge is 0.490 e. The van der Waals surface area contributed by atoms with Gasteiger partial charge in [-0.2, -0.15) is 0 Å². The Morgan fingerprint density at radius 2 is 2.22 bits per heavy atom. The van der Waals surface area contributed by atoms with Gasteiger partial charge in [0.25, 0.3) is 0 Å². The van der Waals surface area contributed by atoms with E-state index in [-0.39, 0.29) is 12.7 Å². The van der Waals surface area contributed by atoms with Gasteiger partial charge in [0.1, 0.15) is 18.5 Å². The minimum absolute atomic E-state index is 0.183. The van der Waals surface area contributed by atoms with Gasteiger partial charge in [0.05, 0.1) is 6.10 Å². The van der Waals surface area contributed by atoms with Crippen LogP contribution < -0.4 is 4.74 Å². The molecule has 0 amide bonds. The lowest BCUT2D eigenvalue weighted by atomic mass is 10.1. The number of rotatable bonds is 7. The van der Waals surface area contributed by atoms with Crippen LogP contribution in [0.25, 0.3) is 10.9 Å². The standard InChI is InChI=1S/C18H26N2O3/c1-20(10-13-4-2-6-17(13)22)11-14(21)12-23-18-7-3-5-16-15(18)8-9-19-16/h3,5,7-9,13-14,17,19,21-22H,2,4,6,10-12H2,1H3. The van der Waals surface area contributed by atoms with E-state index in [1.165, 1.54) is 0 Å². The Kier molecular flexibility index (Phi) is 5.20. The van der Waals surface area contributed by atoms with Crippen LogP contribution in [-0.4, -0.2) is 59.0 Å². The summed E-state index contributed by atoms with van der Waals surface area (Å²) in [6.07, 6.45) is 4.24. The van der Waals surface area contributed by atoms with E-state index in [1.54, 1.807) is 0 Å². The first kappa shape index (κ1) is 16.3. The fourth-order valence-corrected chi connectivity index (χ4v) is 3.49. The van der Waals surface area contributed by atoms with Crippen LogP contribution in [0.3, 0.4) is 0 Å². The summed E-state index contributed by atoms with van der Waals surface area (Å²) in [6, 6.07) is 7.83. The molecule has 126 valence electrons. The van der Waals surface area contributed by atoms with Gasteiger partial charge in [-0.15, -0.1) is 0 Å². The van der Waals surface area contributed by atoms with E-state index in [0.717, 1.165) is 42.5 Å². The number of H-pyrrole nitrogens is 1. The summed E-state index contributed by atoms with van der Waals surface area (Å²) in [4.78, 5) is 5.24. The van der Waals surface area contributed by atoms with Crippen LogP contribution in [0.4, 0.5) is 0 Å². The highest BCUT2D eigenvalue weighted by Gasteiger charge is 2.26. The summed E-state index contributed by atoms with van der Waals surface area (Å²) in [6.45, 7) is 1.64. The molecule has 1 saturated carbocycles. The summed E-state index contributed by atoms with van der Waals surface area (Å²) >= 11 is 0. The molecule has 23 heavy (non-hydrogen) atoms. The van der Waals surface area contributed by atoms with Crippen molar-refractivity contribution in [1.82, 2.24) is 9.88 Å². The van der Waals surface area contributed by atoms with Crippen LogP contribution in [0.1, 0.15) is 19.3 Å². The normalized spacial score (nSPS) is 22.8. The molecule has 0 bridgehead atoms. The van der Waals surface area contributed by atoms with E-state index in [0.29, 0.717) is 12.5 Å². The first-order chi connectivity index (χ1) is 11.1. The third kappa shape index (κ3) is 4.05. The Labute approximate surface area is 136 Å². The van der Waals surface area contributed by atoms with Crippen molar-refractivity contribution in [1.29, 1.82) is 0 Å². The zero-order valence-electron chi connectivity index (χ0n) is 13.6. The minimum Gasteiger partial charge on any atom is -0.490 e. The molecule has 3 rings (SSSR count). The smallest absolute Gasteiger partial charge is 0.128 e. The molecule has 3 unspecified atom stereocenters. The maximum atomic E-state index is 10.2. The minimum atomic E-state index is -0.548. The molecule has 1 heterocycles. The summed E-state index contributed by atoms with van der Waals surface area (Å²) < 4.78 is 5.79. The van der Waals surface area contributed by atoms with Crippen molar-refractivity contribution in [3.05, 3.63) is 30.5 Å². The van der Waals surface area contributed by atoms with Crippen molar-refractivity contribution in [3.63, 3.8) is 0 Å². The van der Waals surface area contributed by atoms with Crippen LogP contribution in [-0.2, 0) is 0 Å². The number of nitrogens with zero attached hydrogens (tertiary/aromatic N) is 1. The molecule has 5 heteroatoms. The lowest BCUT2D eigenvalue weighted by Crippen LogP contribution is -2.37. The van der Waals surface area contributed by atoms with Gasteiger partial charge in [0.15, 0.2) is 0 Å². The fraction of sp³-hybridized carbons (Fsp3) is 0.556. The maximum Gasteiger partial charge on any atom is 0.128 e. The van der Waals surface area contributed by atoms with Gasteiger partial charge >= 0.3 is 0 Å². The Morgan fingerprint density at radius 1 is 1.35 bits per heavy atom. The lowest BCUT2D eigenvalue weighted by Gasteiger charge is -2.25. The van der Waals surface area contributed by atoms with Gasteiger partial charge < -0.3 is 24.8 Å². The maximum absolute atomic E-state index is 10.2. The molecule has 1 aliphatic rings. The molecule has 0 radical (unpaired) electrons. The number of ether oxygens (including phenoxy) is 1. The summed E-state index contributed by atoms with van der Waals surface area (Å²) in [5.74, 6) is 1.12. The molecule has 0 spiro atoms. The number of aromatic nitrogens is 1. The SMILES string of the molecule is CN(CC(O)COc1cccc2[nH]ccc12)CC1CCCC1O. The number of aliphatic hydroxyl groups is 2. The van der Waals surface area contributed by atoms with Crippen molar-refractivity contribution < 1.29 is 14.9 Å². The number of likely N-dealkylation sites (N-methyl/N-ethyl adjacent to an activating group) is 1. The van der Waals surface area contributed by atoms with Crippen LogP contribution in [0.5, 0.6) is 5.75 Å². The molecule has 1 aliphatic carbocycles. The molecule has 2 aromatic rings. The quantitative estimate of drug-likeness (QED) is 0.730. The number of aliphatic hydroxyl groups excluding tert-OH is 2. The van der Waals surface area contributed by atoms with Gasteiger partial charge in [-0.3, -0.25) is 0 Å². The second kappa shape index (κ2) is 7.34. The zero-order valence-corrected chi connectivity index (χ0v) is 13.6. The Morgan fingerprint density at radius 3 is 3.00 bits per heavy atom. The van der Waals surface area contributed by atoms with Crippen LogP contribution in [0.2, 0.25) is 0 Å². The van der Waals surface area contributed by atoms with E-state index >= 15 is 0 Å². The first-order valence-electron chi connectivity index (χ1n) is 8.37. The first-order valence-corrected chi connectivity index (χ1v) is 8.37. The molecular formula is C18H26N2O3. The monoisotopic (exact) mass is 318 g/mol. The second-order valence-electron chi connectivity index (χ2n) is 6.64. The molecule has 1 aromatic heterocycles. The molecule has 1 fully saturated rings. The average Bonchev–Trinajstić information content (AvgIpc) is 3.14. The molecular weight excluding hydrogens is 292 g/mol. The predicted molar refractivity (Wildman–Crippen MR) is 90.6 cm³/mol. The predicted octanol–water partition coefficient (Wildman–Crippen LogP) is 2.00. The van der Waals surface area contributed by atoms with Gasteiger partial charge in [0, 0.05) is 30.2 Å². The van der Waals surface area contributed by atoms with E-state index in [9.17, 15) is 10.2 Å². The van der Waals surface area contributed by atoms with Crippen molar-refractivity contribution in [3.8, 4) is 5.75 Å². The third-order valence-electron chi connectivity index (χ3n) is 4.67. The van der Waals surface area contributed by atoms with E-state index < -0.39 is 6.10 Å².